The van der Waals surface area contributed by atoms with Crippen molar-refractivity contribution in [3.63, 3.8) is 0 Å². The van der Waals surface area contributed by atoms with Crippen LogP contribution in [0.4, 0.5) is 8.78 Å². The zero-order valence-corrected chi connectivity index (χ0v) is 20.4. The molecule has 0 aliphatic heterocycles. The quantitative estimate of drug-likeness (QED) is 0.424. The summed E-state index contributed by atoms with van der Waals surface area (Å²) >= 11 is 1.46. The molecule has 0 saturated heterocycles. The molecule has 182 valence electrons. The first kappa shape index (κ1) is 24.3. The number of halogens is 2. The molecule has 1 saturated carbocycles. The highest BCUT2D eigenvalue weighted by molar-refractivity contribution is 7.19. The van der Waals surface area contributed by atoms with E-state index in [1.54, 1.807) is 13.1 Å². The minimum atomic E-state index is -2.93. The van der Waals surface area contributed by atoms with E-state index in [9.17, 15) is 18.4 Å². The van der Waals surface area contributed by atoms with Gasteiger partial charge in [-0.15, -0.1) is 11.3 Å². The van der Waals surface area contributed by atoms with Gasteiger partial charge in [-0.2, -0.15) is 5.10 Å². The van der Waals surface area contributed by atoms with Gasteiger partial charge in [0.25, 0.3) is 11.5 Å². The van der Waals surface area contributed by atoms with Gasteiger partial charge in [-0.3, -0.25) is 9.59 Å². The lowest BCUT2D eigenvalue weighted by Gasteiger charge is -2.12. The molecule has 2 aromatic heterocycles. The van der Waals surface area contributed by atoms with Crippen molar-refractivity contribution in [2.75, 3.05) is 13.2 Å². The predicted octanol–water partition coefficient (Wildman–Crippen LogP) is 4.56. The molecule has 6 nitrogen and oxygen atoms in total. The summed E-state index contributed by atoms with van der Waals surface area (Å²) in [5.74, 6) is -1.96. The number of nitrogens with one attached hydrogen (secondary N) is 1. The molecule has 0 atom stereocenters. The maximum atomic E-state index is 13.9. The molecule has 3 aromatic rings. The average molecular weight is 490 g/mol. The molecule has 1 amide bonds. The lowest BCUT2D eigenvalue weighted by molar-refractivity contribution is -0.118. The van der Waals surface area contributed by atoms with Gasteiger partial charge < -0.3 is 10.1 Å². The van der Waals surface area contributed by atoms with Gasteiger partial charge in [0.2, 0.25) is 5.91 Å². The standard InChI is InChI=1S/C25H29F2N3O3S/c1-15(31)28-10-5-11-33-22-20(14-17-6-4-7-18(12-17)25(2,26)27)34-23-19(13-16-8-9-16)29-30(3)24(32)21(22)23/h4,6-7,12,16H,5,8-11,13-14H2,1-3H3,(H,28,31). The van der Waals surface area contributed by atoms with Crippen LogP contribution >= 0.6 is 11.3 Å². The van der Waals surface area contributed by atoms with E-state index in [0.29, 0.717) is 43.0 Å². The number of thiophene rings is 1. The van der Waals surface area contributed by atoms with Gasteiger partial charge in [-0.05, 0) is 43.2 Å². The second-order valence-corrected chi connectivity index (χ2v) is 10.1. The van der Waals surface area contributed by atoms with Crippen molar-refractivity contribution in [1.82, 2.24) is 15.1 Å². The van der Waals surface area contributed by atoms with Crippen LogP contribution in [0.5, 0.6) is 5.75 Å². The van der Waals surface area contributed by atoms with E-state index in [1.165, 1.54) is 35.1 Å². The fourth-order valence-electron chi connectivity index (χ4n) is 3.94. The molecule has 0 bridgehead atoms. The third-order valence-electron chi connectivity index (χ3n) is 5.89. The van der Waals surface area contributed by atoms with Crippen molar-refractivity contribution in [3.05, 3.63) is 56.3 Å². The van der Waals surface area contributed by atoms with Gasteiger partial charge in [0.1, 0.15) is 11.1 Å². The van der Waals surface area contributed by atoms with Crippen molar-refractivity contribution in [2.45, 2.75) is 51.9 Å². The molecule has 4 rings (SSSR count). The molecule has 1 N–H and O–H groups in total. The summed E-state index contributed by atoms with van der Waals surface area (Å²) in [5, 5.41) is 7.77. The Bertz CT molecular complexity index is 1260. The number of hydrogen-bond donors (Lipinski definition) is 1. The largest absolute Gasteiger partial charge is 0.491 e. The number of amides is 1. The molecule has 0 spiro atoms. The minimum absolute atomic E-state index is 0.0455. The van der Waals surface area contributed by atoms with Crippen LogP contribution < -0.4 is 15.6 Å². The zero-order valence-electron chi connectivity index (χ0n) is 19.6. The number of benzene rings is 1. The number of aromatic nitrogens is 2. The smallest absolute Gasteiger partial charge is 0.279 e. The number of nitrogens with zero attached hydrogens (tertiary/aromatic N) is 2. The molecular formula is C25H29F2N3O3S. The fraction of sp³-hybridized carbons (Fsp3) is 0.480. The van der Waals surface area contributed by atoms with Crippen molar-refractivity contribution >= 4 is 27.3 Å². The van der Waals surface area contributed by atoms with Gasteiger partial charge in [0.15, 0.2) is 0 Å². The van der Waals surface area contributed by atoms with Gasteiger partial charge in [0, 0.05) is 39.4 Å². The van der Waals surface area contributed by atoms with E-state index in [2.05, 4.69) is 10.4 Å². The van der Waals surface area contributed by atoms with E-state index in [-0.39, 0.29) is 17.0 Å². The molecular weight excluding hydrogens is 460 g/mol. The number of ether oxygens (including phenoxy) is 1. The van der Waals surface area contributed by atoms with Gasteiger partial charge in [-0.25, -0.2) is 13.5 Å². The number of fused-ring (bicyclic) bond motifs is 1. The highest BCUT2D eigenvalue weighted by Gasteiger charge is 2.28. The Morgan fingerprint density at radius 3 is 2.79 bits per heavy atom. The van der Waals surface area contributed by atoms with Gasteiger partial charge >= 0.3 is 0 Å². The van der Waals surface area contributed by atoms with E-state index in [4.69, 9.17) is 4.74 Å². The van der Waals surface area contributed by atoms with Gasteiger partial charge in [0.05, 0.1) is 21.9 Å². The number of hydrogen-bond acceptors (Lipinski definition) is 5. The minimum Gasteiger partial charge on any atom is -0.491 e. The summed E-state index contributed by atoms with van der Waals surface area (Å²) < 4.78 is 36.1. The third-order valence-corrected chi connectivity index (χ3v) is 7.11. The summed E-state index contributed by atoms with van der Waals surface area (Å²) in [6.07, 6.45) is 4.08. The highest BCUT2D eigenvalue weighted by Crippen LogP contribution is 2.41. The molecule has 0 unspecified atom stereocenters. The first-order valence-corrected chi connectivity index (χ1v) is 12.3. The van der Waals surface area contributed by atoms with Crippen molar-refractivity contribution in [3.8, 4) is 5.75 Å². The Morgan fingerprint density at radius 2 is 2.12 bits per heavy atom. The Labute approximate surface area is 200 Å². The molecule has 9 heteroatoms. The second-order valence-electron chi connectivity index (χ2n) is 9.03. The molecule has 34 heavy (non-hydrogen) atoms. The molecule has 1 fully saturated rings. The van der Waals surface area contributed by atoms with Crippen LogP contribution in [-0.2, 0) is 30.6 Å². The molecule has 1 aliphatic carbocycles. The maximum absolute atomic E-state index is 13.9. The summed E-state index contributed by atoms with van der Waals surface area (Å²) in [4.78, 5) is 25.0. The van der Waals surface area contributed by atoms with E-state index in [0.717, 1.165) is 47.0 Å². The van der Waals surface area contributed by atoms with Crippen LogP contribution in [0.3, 0.4) is 0 Å². The summed E-state index contributed by atoms with van der Waals surface area (Å²) in [5.41, 5.74) is 1.33. The summed E-state index contributed by atoms with van der Waals surface area (Å²) in [6, 6.07) is 6.36. The van der Waals surface area contributed by atoms with E-state index >= 15 is 0 Å². The van der Waals surface area contributed by atoms with E-state index < -0.39 is 5.92 Å². The normalized spacial score (nSPS) is 13.9. The first-order valence-electron chi connectivity index (χ1n) is 11.5. The van der Waals surface area contributed by atoms with Crippen LogP contribution in [0.15, 0.2) is 29.1 Å². The molecule has 1 aromatic carbocycles. The Morgan fingerprint density at radius 1 is 1.35 bits per heavy atom. The Balaban J connectivity index is 1.72. The number of carbonyl (C=O) groups excluding carboxylic acids is 1. The lowest BCUT2D eigenvalue weighted by atomic mass is 10.0. The number of carbonyl (C=O) groups is 1. The lowest BCUT2D eigenvalue weighted by Crippen LogP contribution is -2.23. The number of alkyl halides is 2. The van der Waals surface area contributed by atoms with Gasteiger partial charge in [-0.1, -0.05) is 18.2 Å². The second kappa shape index (κ2) is 9.82. The van der Waals surface area contributed by atoms with Crippen LogP contribution in [0.2, 0.25) is 0 Å². The van der Waals surface area contributed by atoms with Crippen LogP contribution in [0.25, 0.3) is 10.1 Å². The maximum Gasteiger partial charge on any atom is 0.279 e. The van der Waals surface area contributed by atoms with Crippen LogP contribution in [0.1, 0.15) is 54.8 Å². The molecule has 0 radical (unpaired) electrons. The first-order chi connectivity index (χ1) is 16.1. The van der Waals surface area contributed by atoms with Crippen molar-refractivity contribution in [2.24, 2.45) is 13.0 Å². The van der Waals surface area contributed by atoms with Crippen molar-refractivity contribution in [1.29, 1.82) is 0 Å². The van der Waals surface area contributed by atoms with Crippen molar-refractivity contribution < 1.29 is 18.3 Å². The fourth-order valence-corrected chi connectivity index (χ4v) is 5.21. The molecule has 2 heterocycles. The van der Waals surface area contributed by atoms with E-state index in [1.807, 2.05) is 6.07 Å². The molecule has 1 aliphatic rings. The SMILES string of the molecule is CC(=O)NCCCOc1c(Cc2cccc(C(C)(F)F)c2)sc2c(CC3CC3)nn(C)c(=O)c12. The topological polar surface area (TPSA) is 73.2 Å². The van der Waals surface area contributed by atoms with Crippen LogP contribution in [0, 0.1) is 5.92 Å². The zero-order chi connectivity index (χ0) is 24.5. The number of rotatable bonds is 10. The average Bonchev–Trinajstić information content (AvgIpc) is 3.51. The monoisotopic (exact) mass is 489 g/mol. The Kier molecular flexibility index (Phi) is 7.02. The number of aryl methyl sites for hydroxylation is 1. The van der Waals surface area contributed by atoms with Crippen LogP contribution in [-0.4, -0.2) is 28.8 Å². The highest BCUT2D eigenvalue weighted by atomic mass is 32.1. The third kappa shape index (κ3) is 5.63. The Hall–Kier alpha value is -2.81. The summed E-state index contributed by atoms with van der Waals surface area (Å²) in [6.45, 7) is 3.12. The predicted molar refractivity (Wildman–Crippen MR) is 129 cm³/mol. The summed E-state index contributed by atoms with van der Waals surface area (Å²) in [7, 11) is 1.64.